The molecule has 0 aliphatic heterocycles. The minimum absolute atomic E-state index is 0.105. The Morgan fingerprint density at radius 3 is 0.694 bits per heavy atom. The lowest BCUT2D eigenvalue weighted by Crippen LogP contribution is -2.30. The summed E-state index contributed by atoms with van der Waals surface area (Å²) in [4.78, 5) is 72.6. The summed E-state index contributed by atoms with van der Waals surface area (Å²) >= 11 is 0. The van der Waals surface area contributed by atoms with Crippen molar-refractivity contribution in [3.05, 3.63) is 0 Å². The highest BCUT2D eigenvalue weighted by Gasteiger charge is 2.30. The Kier molecular flexibility index (Phi) is 69.3. The van der Waals surface area contributed by atoms with E-state index < -0.39 is 97.5 Å². The Balaban J connectivity index is 5.12. The molecule has 0 rings (SSSR count). The van der Waals surface area contributed by atoms with Crippen LogP contribution in [0.1, 0.15) is 414 Å². The van der Waals surface area contributed by atoms with Crippen LogP contribution < -0.4 is 0 Å². The predicted octanol–water partition coefficient (Wildman–Crippen LogP) is 23.5. The summed E-state index contributed by atoms with van der Waals surface area (Å²) in [6.45, 7) is 9.54. The van der Waals surface area contributed by atoms with Gasteiger partial charge in [-0.15, -0.1) is 0 Å². The molecule has 0 spiro atoms. The first-order valence-corrected chi connectivity index (χ1v) is 44.0. The van der Waals surface area contributed by atoms with Crippen LogP contribution in [0.3, 0.4) is 0 Å². The average molecular weight is 1440 g/mol. The van der Waals surface area contributed by atoms with E-state index in [-0.39, 0.29) is 25.7 Å². The highest BCUT2D eigenvalue weighted by Crippen LogP contribution is 2.45. The maximum absolute atomic E-state index is 13.1. The number of hydrogen-bond acceptors (Lipinski definition) is 15. The number of aliphatic hydroxyl groups is 1. The van der Waals surface area contributed by atoms with Crippen LogP contribution in [0.25, 0.3) is 0 Å². The second-order valence-electron chi connectivity index (χ2n) is 29.4. The van der Waals surface area contributed by atoms with Gasteiger partial charge in [-0.05, 0) is 37.5 Å². The van der Waals surface area contributed by atoms with Gasteiger partial charge in [0.1, 0.15) is 19.3 Å². The number of phosphoric ester groups is 2. The van der Waals surface area contributed by atoms with Gasteiger partial charge in [-0.3, -0.25) is 37.3 Å². The normalized spacial score (nSPS) is 13.9. The van der Waals surface area contributed by atoms with Gasteiger partial charge in [0.25, 0.3) is 0 Å². The predicted molar refractivity (Wildman–Crippen MR) is 400 cm³/mol. The number of unbranched alkanes of at least 4 members (excludes halogenated alkanes) is 48. The van der Waals surface area contributed by atoms with Crippen molar-refractivity contribution < 1.29 is 80.2 Å². The van der Waals surface area contributed by atoms with Crippen molar-refractivity contribution in [1.29, 1.82) is 0 Å². The molecule has 0 aliphatic carbocycles. The molecule has 0 aliphatic rings. The maximum Gasteiger partial charge on any atom is 0.472 e. The molecule has 98 heavy (non-hydrogen) atoms. The van der Waals surface area contributed by atoms with Gasteiger partial charge in [0, 0.05) is 25.7 Å². The van der Waals surface area contributed by atoms with Gasteiger partial charge >= 0.3 is 39.5 Å². The van der Waals surface area contributed by atoms with Gasteiger partial charge < -0.3 is 33.8 Å². The minimum Gasteiger partial charge on any atom is -0.462 e. The van der Waals surface area contributed by atoms with E-state index in [1.54, 1.807) is 0 Å². The summed E-state index contributed by atoms with van der Waals surface area (Å²) in [5.74, 6) is -0.559. The fourth-order valence-electron chi connectivity index (χ4n) is 12.2. The summed E-state index contributed by atoms with van der Waals surface area (Å²) in [6.07, 6.45) is 60.3. The van der Waals surface area contributed by atoms with Gasteiger partial charge in [-0.25, -0.2) is 9.13 Å². The standard InChI is InChI=1S/C79H154O17P2/c1-7-9-11-13-14-15-16-17-18-19-20-21-22-23-28-31-34-40-45-51-57-63-79(84)96-75(68-90-77(82)62-56-50-44-39-33-30-27-25-24-26-29-32-37-42-48-53-59-71(3)4)70-94-98(87,88)92-66-73(80)65-91-97(85,86)93-69-74(67-89-76(81)61-55-47-12-10-8-2)95-78(83)64-58-52-46-41-36-35-38-43-49-54-60-72(5)6/h71-75,80H,7-70H2,1-6H3,(H,85,86)(H,87,88)/t73-,74+,75+/m0/s1. The monoisotopic (exact) mass is 1440 g/mol. The second kappa shape index (κ2) is 70.7. The lowest BCUT2D eigenvalue weighted by Gasteiger charge is -2.21. The van der Waals surface area contributed by atoms with E-state index in [9.17, 15) is 43.2 Å². The zero-order valence-electron chi connectivity index (χ0n) is 64.1. The quantitative estimate of drug-likeness (QED) is 0.0222. The lowest BCUT2D eigenvalue weighted by molar-refractivity contribution is -0.161. The van der Waals surface area contributed by atoms with E-state index in [0.717, 1.165) is 108 Å². The summed E-state index contributed by atoms with van der Waals surface area (Å²) in [7, 11) is -9.90. The molecule has 0 saturated heterocycles. The Morgan fingerprint density at radius 1 is 0.276 bits per heavy atom. The number of carbonyl (C=O) groups is 4. The summed E-state index contributed by atoms with van der Waals surface area (Å²) in [5, 5.41) is 10.6. The second-order valence-corrected chi connectivity index (χ2v) is 32.3. The van der Waals surface area contributed by atoms with Crippen LogP contribution in [0.4, 0.5) is 0 Å². The topological polar surface area (TPSA) is 237 Å². The molecule has 3 N–H and O–H groups in total. The zero-order chi connectivity index (χ0) is 72.1. The molecule has 0 aromatic carbocycles. The molecule has 19 heteroatoms. The third kappa shape index (κ3) is 72.4. The molecular weight excluding hydrogens is 1280 g/mol. The zero-order valence-corrected chi connectivity index (χ0v) is 65.9. The van der Waals surface area contributed by atoms with Crippen molar-refractivity contribution in [2.24, 2.45) is 11.8 Å². The van der Waals surface area contributed by atoms with Crippen LogP contribution in [-0.2, 0) is 65.4 Å². The summed E-state index contributed by atoms with van der Waals surface area (Å²) in [5.41, 5.74) is 0. The van der Waals surface area contributed by atoms with Crippen molar-refractivity contribution in [2.45, 2.75) is 432 Å². The lowest BCUT2D eigenvalue weighted by atomic mass is 10.0. The van der Waals surface area contributed by atoms with Crippen molar-refractivity contribution in [3.63, 3.8) is 0 Å². The van der Waals surface area contributed by atoms with Crippen LogP contribution in [0.15, 0.2) is 0 Å². The number of rotatable bonds is 78. The van der Waals surface area contributed by atoms with E-state index >= 15 is 0 Å². The highest BCUT2D eigenvalue weighted by molar-refractivity contribution is 7.47. The summed E-state index contributed by atoms with van der Waals surface area (Å²) < 4.78 is 68.4. The molecule has 0 saturated carbocycles. The first-order valence-electron chi connectivity index (χ1n) is 41.0. The van der Waals surface area contributed by atoms with Crippen LogP contribution >= 0.6 is 15.6 Å². The van der Waals surface area contributed by atoms with Gasteiger partial charge in [0.05, 0.1) is 26.4 Å². The summed E-state index contributed by atoms with van der Waals surface area (Å²) in [6, 6.07) is 0. The van der Waals surface area contributed by atoms with Crippen molar-refractivity contribution in [3.8, 4) is 0 Å². The van der Waals surface area contributed by atoms with Gasteiger partial charge in [0.15, 0.2) is 12.2 Å². The molecule has 2 unspecified atom stereocenters. The first-order chi connectivity index (χ1) is 47.4. The number of ether oxygens (including phenoxy) is 4. The van der Waals surface area contributed by atoms with Crippen LogP contribution in [0.2, 0.25) is 0 Å². The molecule has 582 valence electrons. The first kappa shape index (κ1) is 96.1. The largest absolute Gasteiger partial charge is 0.472 e. The number of phosphoric acid groups is 2. The number of aliphatic hydroxyl groups excluding tert-OH is 1. The maximum atomic E-state index is 13.1. The molecule has 0 fully saturated rings. The molecule has 0 heterocycles. The van der Waals surface area contributed by atoms with Gasteiger partial charge in [-0.2, -0.15) is 0 Å². The van der Waals surface area contributed by atoms with Gasteiger partial charge in [-0.1, -0.05) is 363 Å². The molecule has 0 radical (unpaired) electrons. The Bertz CT molecular complexity index is 1890. The third-order valence-corrected chi connectivity index (χ3v) is 20.4. The molecule has 5 atom stereocenters. The molecule has 17 nitrogen and oxygen atoms in total. The molecule has 0 aromatic rings. The molecule has 0 aromatic heterocycles. The highest BCUT2D eigenvalue weighted by atomic mass is 31.2. The van der Waals surface area contributed by atoms with Gasteiger partial charge in [0.2, 0.25) is 0 Å². The Morgan fingerprint density at radius 2 is 0.469 bits per heavy atom. The van der Waals surface area contributed by atoms with E-state index in [1.807, 2.05) is 0 Å². The number of esters is 4. The van der Waals surface area contributed by atoms with Crippen molar-refractivity contribution >= 4 is 39.5 Å². The third-order valence-electron chi connectivity index (χ3n) is 18.5. The number of carbonyl (C=O) groups excluding carboxylic acids is 4. The molecular formula is C79H154O17P2. The molecule has 0 bridgehead atoms. The van der Waals surface area contributed by atoms with E-state index in [1.165, 1.54) is 225 Å². The molecule has 0 amide bonds. The Hall–Kier alpha value is -1.94. The van der Waals surface area contributed by atoms with Crippen LogP contribution in [0.5, 0.6) is 0 Å². The van der Waals surface area contributed by atoms with E-state index in [2.05, 4.69) is 41.5 Å². The van der Waals surface area contributed by atoms with Crippen LogP contribution in [-0.4, -0.2) is 96.7 Å². The fourth-order valence-corrected chi connectivity index (χ4v) is 13.8. The van der Waals surface area contributed by atoms with Crippen molar-refractivity contribution in [2.75, 3.05) is 39.6 Å². The van der Waals surface area contributed by atoms with Crippen LogP contribution in [0, 0.1) is 11.8 Å². The fraction of sp³-hybridized carbons (Fsp3) is 0.949. The average Bonchev–Trinajstić information content (AvgIpc) is 0.956. The smallest absolute Gasteiger partial charge is 0.462 e. The SMILES string of the molecule is CCCCCCCCCCCCCCCCCCCCCCCC(=O)O[C@H](COC(=O)CCCCCCCCCCCCCCCCCCC(C)C)COP(=O)(O)OC[C@@H](O)COP(=O)(O)OC[C@@H](COC(=O)CCCCCCC)OC(=O)CCCCCCCCCCCCC(C)C. The number of hydrogen-bond donors (Lipinski definition) is 3. The minimum atomic E-state index is -4.96. The van der Waals surface area contributed by atoms with E-state index in [4.69, 9.17) is 37.0 Å². The van der Waals surface area contributed by atoms with E-state index in [0.29, 0.717) is 25.7 Å². The van der Waals surface area contributed by atoms with Crippen molar-refractivity contribution in [1.82, 2.24) is 0 Å². The Labute approximate surface area is 600 Å².